The van der Waals surface area contributed by atoms with Crippen LogP contribution in [0.4, 0.5) is 4.79 Å². The van der Waals surface area contributed by atoms with Gasteiger partial charge < -0.3 is 15.1 Å². The highest BCUT2D eigenvalue weighted by molar-refractivity contribution is 7.80. The van der Waals surface area contributed by atoms with Gasteiger partial charge in [0.15, 0.2) is 5.50 Å². The van der Waals surface area contributed by atoms with E-state index in [-0.39, 0.29) is 11.6 Å². The Morgan fingerprint density at radius 3 is 2.53 bits per heavy atom. The smallest absolute Gasteiger partial charge is 0.410 e. The first kappa shape index (κ1) is 14.5. The van der Waals surface area contributed by atoms with Crippen LogP contribution in [0.25, 0.3) is 0 Å². The van der Waals surface area contributed by atoms with Crippen LogP contribution in [0.1, 0.15) is 33.6 Å². The predicted molar refractivity (Wildman–Crippen MR) is 77.0 cm³/mol. The van der Waals surface area contributed by atoms with Gasteiger partial charge >= 0.3 is 6.09 Å². The largest absolute Gasteiger partial charge is 0.444 e. The molecule has 1 saturated heterocycles. The molecule has 1 atom stereocenters. The number of likely N-dealkylation sites (tertiary alicyclic amines) is 1. The van der Waals surface area contributed by atoms with Crippen molar-refractivity contribution in [3.05, 3.63) is 0 Å². The fourth-order valence-electron chi connectivity index (χ4n) is 2.20. The van der Waals surface area contributed by atoms with Crippen molar-refractivity contribution in [1.29, 1.82) is 0 Å². The normalized spacial score (nSPS) is 24.9. The van der Waals surface area contributed by atoms with Crippen LogP contribution in [-0.4, -0.2) is 41.0 Å². The molecule has 1 fully saturated rings. The van der Waals surface area contributed by atoms with E-state index >= 15 is 0 Å². The van der Waals surface area contributed by atoms with Crippen LogP contribution in [0.5, 0.6) is 0 Å². The molecule has 2 rings (SSSR count). The van der Waals surface area contributed by atoms with Crippen molar-refractivity contribution in [2.24, 2.45) is 10.9 Å². The Bertz CT molecular complexity index is 372. The Balaban J connectivity index is 1.82. The van der Waals surface area contributed by atoms with Gasteiger partial charge in [-0.2, -0.15) is 0 Å². The molecule has 0 radical (unpaired) electrons. The van der Waals surface area contributed by atoms with E-state index in [4.69, 9.17) is 4.74 Å². The third-order valence-corrected chi connectivity index (χ3v) is 3.37. The zero-order valence-corrected chi connectivity index (χ0v) is 12.5. The minimum absolute atomic E-state index is 0.168. The zero-order valence-electron chi connectivity index (χ0n) is 11.6. The second-order valence-corrected chi connectivity index (χ2v) is 6.39. The SMILES string of the molecule is CC(C)(C)OC(=O)N1CCC(C2=NC(S)NN2)CC1. The number of carbonyl (C=O) groups is 1. The van der Waals surface area contributed by atoms with Crippen LogP contribution in [-0.2, 0) is 4.74 Å². The topological polar surface area (TPSA) is 66.0 Å². The molecule has 0 aromatic carbocycles. The first-order valence-electron chi connectivity index (χ1n) is 6.60. The molecular formula is C12H22N4O2S. The molecule has 108 valence electrons. The Hall–Kier alpha value is -0.950. The lowest BCUT2D eigenvalue weighted by Crippen LogP contribution is -2.45. The molecule has 6 nitrogen and oxygen atoms in total. The van der Waals surface area contributed by atoms with Crippen molar-refractivity contribution in [3.63, 3.8) is 0 Å². The summed E-state index contributed by atoms with van der Waals surface area (Å²) in [6.07, 6.45) is 1.57. The second kappa shape index (κ2) is 5.58. The summed E-state index contributed by atoms with van der Waals surface area (Å²) in [5, 5.41) is 0. The average molecular weight is 286 g/mol. The van der Waals surface area contributed by atoms with Gasteiger partial charge in [-0.3, -0.25) is 0 Å². The molecule has 0 spiro atoms. The van der Waals surface area contributed by atoms with Crippen molar-refractivity contribution in [3.8, 4) is 0 Å². The van der Waals surface area contributed by atoms with Crippen molar-refractivity contribution >= 4 is 24.6 Å². The number of thiol groups is 1. The summed E-state index contributed by atoms with van der Waals surface area (Å²) in [6.45, 7) is 7.06. The number of rotatable bonds is 1. The van der Waals surface area contributed by atoms with E-state index in [0.29, 0.717) is 19.0 Å². The number of hydrogen-bond acceptors (Lipinski definition) is 6. The minimum Gasteiger partial charge on any atom is -0.444 e. The monoisotopic (exact) mass is 286 g/mol. The Kier molecular flexibility index (Phi) is 4.25. The Labute approximate surface area is 119 Å². The zero-order chi connectivity index (χ0) is 14.0. The molecular weight excluding hydrogens is 264 g/mol. The number of hydrazine groups is 1. The van der Waals surface area contributed by atoms with E-state index in [1.165, 1.54) is 0 Å². The molecule has 2 aliphatic rings. The molecule has 1 unspecified atom stereocenters. The van der Waals surface area contributed by atoms with Crippen LogP contribution in [0.2, 0.25) is 0 Å². The third-order valence-electron chi connectivity index (χ3n) is 3.12. The lowest BCUT2D eigenvalue weighted by atomic mass is 9.96. The fraction of sp³-hybridized carbons (Fsp3) is 0.833. The van der Waals surface area contributed by atoms with Gasteiger partial charge in [0, 0.05) is 19.0 Å². The number of ether oxygens (including phenoxy) is 1. The maximum atomic E-state index is 11.9. The summed E-state index contributed by atoms with van der Waals surface area (Å²) >= 11 is 4.22. The molecule has 7 heteroatoms. The highest BCUT2D eigenvalue weighted by Crippen LogP contribution is 2.21. The van der Waals surface area contributed by atoms with Gasteiger partial charge in [-0.05, 0) is 33.6 Å². The Morgan fingerprint density at radius 1 is 1.42 bits per heavy atom. The van der Waals surface area contributed by atoms with E-state index in [2.05, 4.69) is 28.5 Å². The van der Waals surface area contributed by atoms with Crippen LogP contribution in [0, 0.1) is 5.92 Å². The van der Waals surface area contributed by atoms with Crippen LogP contribution < -0.4 is 10.9 Å². The van der Waals surface area contributed by atoms with Crippen molar-refractivity contribution in [1.82, 2.24) is 15.8 Å². The van der Waals surface area contributed by atoms with E-state index < -0.39 is 5.60 Å². The van der Waals surface area contributed by atoms with Gasteiger partial charge in [-0.25, -0.2) is 15.2 Å². The number of amidine groups is 1. The van der Waals surface area contributed by atoms with Gasteiger partial charge in [0.2, 0.25) is 0 Å². The summed E-state index contributed by atoms with van der Waals surface area (Å²) in [5.41, 5.74) is 5.38. The van der Waals surface area contributed by atoms with E-state index in [9.17, 15) is 4.79 Å². The Morgan fingerprint density at radius 2 is 2.05 bits per heavy atom. The molecule has 0 bridgehead atoms. The number of amides is 1. The molecule has 0 saturated carbocycles. The summed E-state index contributed by atoms with van der Waals surface area (Å²) in [6, 6.07) is 0. The van der Waals surface area contributed by atoms with Gasteiger partial charge in [0.05, 0.1) is 0 Å². The van der Waals surface area contributed by atoms with Gasteiger partial charge in [-0.1, -0.05) is 0 Å². The molecule has 0 aromatic heterocycles. The number of nitrogens with one attached hydrogen (secondary N) is 2. The molecule has 2 N–H and O–H groups in total. The van der Waals surface area contributed by atoms with Crippen LogP contribution in [0.3, 0.4) is 0 Å². The van der Waals surface area contributed by atoms with Gasteiger partial charge in [0.25, 0.3) is 0 Å². The van der Waals surface area contributed by atoms with Crippen molar-refractivity contribution in [2.45, 2.75) is 44.7 Å². The maximum Gasteiger partial charge on any atom is 0.410 e. The number of aliphatic imine (C=N–C) groups is 1. The molecule has 2 aliphatic heterocycles. The quantitative estimate of drug-likeness (QED) is 0.637. The maximum absolute atomic E-state index is 11.9. The average Bonchev–Trinajstić information content (AvgIpc) is 2.74. The van der Waals surface area contributed by atoms with E-state index in [1.54, 1.807) is 4.90 Å². The number of piperidine rings is 1. The van der Waals surface area contributed by atoms with Crippen molar-refractivity contribution < 1.29 is 9.53 Å². The number of hydrogen-bond donors (Lipinski definition) is 3. The summed E-state index contributed by atoms with van der Waals surface area (Å²) in [5.74, 6) is 1.31. The molecule has 19 heavy (non-hydrogen) atoms. The lowest BCUT2D eigenvalue weighted by molar-refractivity contribution is 0.0201. The van der Waals surface area contributed by atoms with Crippen LogP contribution >= 0.6 is 12.6 Å². The van der Waals surface area contributed by atoms with Gasteiger partial charge in [0.1, 0.15) is 11.4 Å². The molecule has 0 aromatic rings. The first-order chi connectivity index (χ1) is 8.85. The molecule has 0 aliphatic carbocycles. The summed E-state index contributed by atoms with van der Waals surface area (Å²) < 4.78 is 5.37. The first-order valence-corrected chi connectivity index (χ1v) is 7.12. The second-order valence-electron chi connectivity index (χ2n) is 5.90. The lowest BCUT2D eigenvalue weighted by Gasteiger charge is -2.33. The van der Waals surface area contributed by atoms with E-state index in [0.717, 1.165) is 18.7 Å². The molecule has 1 amide bonds. The highest BCUT2D eigenvalue weighted by Gasteiger charge is 2.30. The number of carbonyl (C=O) groups excluding carboxylic acids is 1. The minimum atomic E-state index is -0.436. The number of nitrogens with zero attached hydrogens (tertiary/aromatic N) is 2. The highest BCUT2D eigenvalue weighted by atomic mass is 32.1. The fourth-order valence-corrected chi connectivity index (χ4v) is 2.39. The standard InChI is InChI=1S/C12H22N4O2S/c1-12(2,3)18-11(17)16-6-4-8(5-7-16)9-13-10(19)15-14-9/h8,10,15,19H,4-7H2,1-3H3,(H,13,14). The van der Waals surface area contributed by atoms with Crippen molar-refractivity contribution in [2.75, 3.05) is 13.1 Å². The van der Waals surface area contributed by atoms with Crippen LogP contribution in [0.15, 0.2) is 4.99 Å². The summed E-state index contributed by atoms with van der Waals surface area (Å²) in [4.78, 5) is 18.1. The molecule has 2 heterocycles. The predicted octanol–water partition coefficient (Wildman–Crippen LogP) is 1.35. The summed E-state index contributed by atoms with van der Waals surface area (Å²) in [7, 11) is 0. The third kappa shape index (κ3) is 4.01. The van der Waals surface area contributed by atoms with Gasteiger partial charge in [-0.15, -0.1) is 12.6 Å². The van der Waals surface area contributed by atoms with E-state index in [1.807, 2.05) is 20.8 Å².